The Labute approximate surface area is 334 Å². The Morgan fingerprint density at radius 3 is 1.65 bits per heavy atom. The van der Waals surface area contributed by atoms with E-state index in [1.807, 2.05) is 0 Å². The monoisotopic (exact) mass is 814 g/mol. The molecule has 0 aliphatic heterocycles. The number of hydrogen-bond donors (Lipinski definition) is 0. The van der Waals surface area contributed by atoms with E-state index in [0.717, 1.165) is 17.9 Å². The van der Waals surface area contributed by atoms with Crippen LogP contribution in [0, 0.1) is 0 Å². The number of rotatable bonds is 4. The summed E-state index contributed by atoms with van der Waals surface area (Å²) in [6.45, 7) is 28.9. The van der Waals surface area contributed by atoms with E-state index in [1.54, 1.807) is 20.9 Å². The molecule has 2 aliphatic carbocycles. The first kappa shape index (κ1) is 41.7. The first-order valence-corrected chi connectivity index (χ1v) is 22.1. The van der Waals surface area contributed by atoms with Crippen LogP contribution in [-0.2, 0) is 49.3 Å². The van der Waals surface area contributed by atoms with Crippen LogP contribution in [0.4, 0.5) is 0 Å². The van der Waals surface area contributed by atoms with Crippen LogP contribution in [0.15, 0.2) is 94.3 Å². The van der Waals surface area contributed by atoms with Gasteiger partial charge in [-0.25, -0.2) is 0 Å². The Bertz CT molecular complexity index is 2020. The van der Waals surface area contributed by atoms with Crippen LogP contribution in [0.5, 0.6) is 0 Å². The molecule has 0 radical (unpaired) electrons. The summed E-state index contributed by atoms with van der Waals surface area (Å²) >= 11 is 3.59. The summed E-state index contributed by atoms with van der Waals surface area (Å²) in [5.74, 6) is 0. The summed E-state index contributed by atoms with van der Waals surface area (Å²) in [5.41, 5.74) is 14.8. The minimum Gasteiger partial charge on any atom is -1.00 e. The minimum atomic E-state index is -2.95. The molecule has 4 heteroatoms. The van der Waals surface area contributed by atoms with E-state index in [1.165, 1.54) is 44.5 Å². The van der Waals surface area contributed by atoms with Crippen LogP contribution in [0.2, 0.25) is 5.02 Å². The topological polar surface area (TPSA) is 0 Å². The van der Waals surface area contributed by atoms with E-state index in [-0.39, 0.29) is 46.5 Å². The maximum Gasteiger partial charge on any atom is -1.00 e. The molecule has 4 aromatic rings. The Morgan fingerprint density at radius 2 is 1.14 bits per heavy atom. The maximum absolute atomic E-state index is 6.55. The van der Waals surface area contributed by atoms with Crippen LogP contribution < -0.4 is 28.1 Å². The summed E-state index contributed by atoms with van der Waals surface area (Å²) in [6.07, 6.45) is 9.20. The second kappa shape index (κ2) is 15.0. The predicted octanol–water partition coefficient (Wildman–Crippen LogP) is 6.47. The SMILES string of the molecule is CC(C)(C)c1cc2c(cc1C(C)(C)C)-c1cc(C(C)(C)C)c(C(C)(C)C)[c](/[Zr+2]([C]3=CC=CC3)=[C](/c3ccccc3)c3ccc(Cl)cc3)c1C2.[Cl-].[Cl-]. The van der Waals surface area contributed by atoms with Crippen molar-refractivity contribution >= 4 is 18.1 Å². The average molecular weight is 818 g/mol. The zero-order valence-electron chi connectivity index (χ0n) is 32.7. The summed E-state index contributed by atoms with van der Waals surface area (Å²) < 4.78 is 4.90. The number of allylic oxidation sites excluding steroid dienone is 4. The third-order valence-electron chi connectivity index (χ3n) is 10.3. The van der Waals surface area contributed by atoms with Crippen molar-refractivity contribution in [1.29, 1.82) is 0 Å². The predicted molar refractivity (Wildman–Crippen MR) is 212 cm³/mol. The zero-order valence-corrected chi connectivity index (χ0v) is 37.4. The van der Waals surface area contributed by atoms with Crippen LogP contribution in [0.3, 0.4) is 0 Å². The van der Waals surface area contributed by atoms with Gasteiger partial charge in [-0.05, 0) is 0 Å². The molecule has 51 heavy (non-hydrogen) atoms. The van der Waals surface area contributed by atoms with Crippen molar-refractivity contribution in [2.45, 2.75) is 118 Å². The fraction of sp³-hybridized carbons (Fsp3) is 0.383. The standard InChI is InChI=1S/C29H41.C13H9Cl.C5H5.2ClH.Zr/c1-26(2,3)22-14-18-13-19-15-23(27(4,5)6)25(29(10,11)12)17-21(19)20(18)16-24(22)28(7,8)9;14-13-8-6-12(7-9-13)10-11-4-2-1-3-5-11;1-2-4-5-3-1;;;/h14,16-17H,13H2,1-12H3;1-9H;1-3H,4H2;2*1H;/q;;;;;+2/p-2. The molecule has 6 rings (SSSR count). The van der Waals surface area contributed by atoms with Gasteiger partial charge in [0.2, 0.25) is 0 Å². The van der Waals surface area contributed by atoms with Crippen molar-refractivity contribution in [3.8, 4) is 11.1 Å². The summed E-state index contributed by atoms with van der Waals surface area (Å²) in [7, 11) is 0. The molecule has 2 aliphatic rings. The molecule has 0 nitrogen and oxygen atoms in total. The van der Waals surface area contributed by atoms with Gasteiger partial charge in [0.1, 0.15) is 0 Å². The zero-order chi connectivity index (χ0) is 35.7. The second-order valence-corrected chi connectivity index (χ2v) is 24.7. The molecule has 0 saturated carbocycles. The van der Waals surface area contributed by atoms with Crippen LogP contribution >= 0.6 is 11.6 Å². The summed E-state index contributed by atoms with van der Waals surface area (Å²) in [6, 6.07) is 27.8. The van der Waals surface area contributed by atoms with Gasteiger partial charge in [-0.15, -0.1) is 0 Å². The van der Waals surface area contributed by atoms with E-state index < -0.39 is 21.3 Å². The van der Waals surface area contributed by atoms with Gasteiger partial charge >= 0.3 is 312 Å². The van der Waals surface area contributed by atoms with E-state index in [9.17, 15) is 0 Å². The van der Waals surface area contributed by atoms with Crippen LogP contribution in [0.25, 0.3) is 11.1 Å². The number of halogens is 3. The van der Waals surface area contributed by atoms with Crippen molar-refractivity contribution in [1.82, 2.24) is 0 Å². The smallest absolute Gasteiger partial charge is 1.00 e. The van der Waals surface area contributed by atoms with E-state index >= 15 is 0 Å². The van der Waals surface area contributed by atoms with E-state index in [4.69, 9.17) is 11.6 Å². The quantitative estimate of drug-likeness (QED) is 0.196. The van der Waals surface area contributed by atoms with E-state index in [2.05, 4.69) is 174 Å². The van der Waals surface area contributed by atoms with Gasteiger partial charge in [0.25, 0.3) is 0 Å². The largest absolute Gasteiger partial charge is 1.00 e. The Balaban J connectivity index is 0.00000292. The molecule has 0 aromatic heterocycles. The molecule has 0 spiro atoms. The third kappa shape index (κ3) is 8.24. The Kier molecular flexibility index (Phi) is 12.3. The molecule has 0 fully saturated rings. The van der Waals surface area contributed by atoms with Gasteiger partial charge in [-0.3, -0.25) is 0 Å². The van der Waals surface area contributed by atoms with Crippen LogP contribution in [-0.4, -0.2) is 3.21 Å². The van der Waals surface area contributed by atoms with Gasteiger partial charge in [0.15, 0.2) is 0 Å². The first-order chi connectivity index (χ1) is 22.8. The molecule has 0 atom stereocenters. The molecule has 0 amide bonds. The fourth-order valence-electron chi connectivity index (χ4n) is 8.02. The normalized spacial score (nSPS) is 14.3. The number of hydrogen-bond acceptors (Lipinski definition) is 0. The van der Waals surface area contributed by atoms with Gasteiger partial charge in [0.05, 0.1) is 0 Å². The molecule has 0 heterocycles. The fourth-order valence-corrected chi connectivity index (χ4v) is 17.2. The minimum absolute atomic E-state index is 0. The number of benzene rings is 4. The molecule has 0 N–H and O–H groups in total. The van der Waals surface area contributed by atoms with Crippen molar-refractivity contribution in [2.75, 3.05) is 0 Å². The second-order valence-electron chi connectivity index (χ2n) is 18.4. The van der Waals surface area contributed by atoms with Gasteiger partial charge in [0, 0.05) is 0 Å². The molecule has 4 aromatic carbocycles. The Hall–Kier alpha value is -2.02. The third-order valence-corrected chi connectivity index (χ3v) is 18.3. The van der Waals surface area contributed by atoms with Crippen molar-refractivity contribution < 1.29 is 46.1 Å². The molecular weight excluding hydrogens is 762 g/mol. The summed E-state index contributed by atoms with van der Waals surface area (Å²) in [4.78, 5) is 0. The van der Waals surface area contributed by atoms with E-state index in [0.29, 0.717) is 0 Å². The van der Waals surface area contributed by atoms with Crippen molar-refractivity contribution in [3.63, 3.8) is 0 Å². The van der Waals surface area contributed by atoms with Crippen molar-refractivity contribution in [3.05, 3.63) is 144 Å². The molecule has 0 saturated heterocycles. The van der Waals surface area contributed by atoms with Crippen molar-refractivity contribution in [2.24, 2.45) is 0 Å². The Morgan fingerprint density at radius 1 is 0.608 bits per heavy atom. The first-order valence-electron chi connectivity index (χ1n) is 18.1. The van der Waals surface area contributed by atoms with Gasteiger partial charge < -0.3 is 24.8 Å². The van der Waals surface area contributed by atoms with Gasteiger partial charge in [-0.1, -0.05) is 0 Å². The maximum atomic E-state index is 6.55. The molecule has 0 unspecified atom stereocenters. The number of fused-ring (bicyclic) bond motifs is 3. The van der Waals surface area contributed by atoms with Crippen LogP contribution in [0.1, 0.15) is 134 Å². The summed E-state index contributed by atoms with van der Waals surface area (Å²) in [5, 5.41) is 0.786. The molecular formula is C47H55Cl3Zr. The average Bonchev–Trinajstić information content (AvgIpc) is 3.66. The van der Waals surface area contributed by atoms with Gasteiger partial charge in [-0.2, -0.15) is 0 Å². The molecule has 268 valence electrons. The molecule has 0 bridgehead atoms.